The van der Waals surface area contributed by atoms with Crippen LogP contribution in [0, 0.1) is 6.92 Å². The van der Waals surface area contributed by atoms with E-state index >= 15 is 0 Å². The zero-order valence-electron chi connectivity index (χ0n) is 21.9. The van der Waals surface area contributed by atoms with Crippen LogP contribution in [0.4, 0.5) is 0 Å². The number of amides is 2. The van der Waals surface area contributed by atoms with Crippen LogP contribution in [0.25, 0.3) is 0 Å². The predicted octanol–water partition coefficient (Wildman–Crippen LogP) is 4.50. The Balaban J connectivity index is 1.17. The highest BCUT2D eigenvalue weighted by Gasteiger charge is 2.37. The van der Waals surface area contributed by atoms with Gasteiger partial charge in [-0.15, -0.1) is 11.3 Å². The largest absolute Gasteiger partial charge is 0.454 e. The molecule has 1 aromatic heterocycles. The second-order valence-electron chi connectivity index (χ2n) is 10.3. The van der Waals surface area contributed by atoms with Crippen LogP contribution in [-0.2, 0) is 11.2 Å². The van der Waals surface area contributed by atoms with Crippen LogP contribution in [0.15, 0.2) is 53.9 Å². The second-order valence-corrected chi connectivity index (χ2v) is 11.3. The minimum absolute atomic E-state index is 0.0359. The smallest absolute Gasteiger partial charge is 0.254 e. The van der Waals surface area contributed by atoms with Crippen molar-refractivity contribution in [3.63, 3.8) is 0 Å². The first-order chi connectivity index (χ1) is 18.5. The van der Waals surface area contributed by atoms with Gasteiger partial charge in [0.2, 0.25) is 12.7 Å². The molecule has 2 atom stereocenters. The van der Waals surface area contributed by atoms with Gasteiger partial charge < -0.3 is 19.3 Å². The van der Waals surface area contributed by atoms with E-state index in [1.807, 2.05) is 28.1 Å². The lowest BCUT2D eigenvalue weighted by atomic mass is 9.89. The van der Waals surface area contributed by atoms with Crippen LogP contribution in [0.1, 0.15) is 51.3 Å². The number of hydrogen-bond donors (Lipinski definition) is 0. The molecule has 0 aliphatic carbocycles. The van der Waals surface area contributed by atoms with Crippen molar-refractivity contribution in [2.24, 2.45) is 0 Å². The number of ether oxygens (including phenoxy) is 2. The maximum Gasteiger partial charge on any atom is 0.254 e. The Hall–Kier alpha value is -3.36. The molecular formula is C30H33N3O4S. The van der Waals surface area contributed by atoms with Gasteiger partial charge in [0.1, 0.15) is 0 Å². The lowest BCUT2D eigenvalue weighted by Crippen LogP contribution is -2.51. The summed E-state index contributed by atoms with van der Waals surface area (Å²) in [5.74, 6) is 1.38. The monoisotopic (exact) mass is 531 g/mol. The topological polar surface area (TPSA) is 62.3 Å². The summed E-state index contributed by atoms with van der Waals surface area (Å²) in [6.07, 6.45) is 1.72. The number of rotatable bonds is 4. The maximum absolute atomic E-state index is 13.9. The van der Waals surface area contributed by atoms with Crippen molar-refractivity contribution >= 4 is 23.2 Å². The Labute approximate surface area is 227 Å². The molecule has 0 spiro atoms. The molecule has 0 N–H and O–H groups in total. The Morgan fingerprint density at radius 1 is 0.921 bits per heavy atom. The molecule has 3 aliphatic rings. The fourth-order valence-corrected chi connectivity index (χ4v) is 6.86. The molecule has 0 radical (unpaired) electrons. The number of carbonyl (C=O) groups excluding carboxylic acids is 2. The van der Waals surface area contributed by atoms with E-state index in [9.17, 15) is 9.59 Å². The highest BCUT2D eigenvalue weighted by Crippen LogP contribution is 2.40. The summed E-state index contributed by atoms with van der Waals surface area (Å²) < 4.78 is 10.8. The standard InChI is InChI=1S/C30H33N3O4S/c1-20-6-3-4-7-23(20)28-24-11-17-38-27(24)10-14-33(28)21(2)29(34)31-12-5-13-32(16-15-31)30(35)22-8-9-25-26(18-22)37-19-36-25/h3-4,6-9,11,17-18,21,28H,5,10,12-16,19H2,1-2H3/t21-,28+/m0/s1. The van der Waals surface area contributed by atoms with Gasteiger partial charge in [-0.3, -0.25) is 14.5 Å². The number of hydrogen-bond acceptors (Lipinski definition) is 6. The van der Waals surface area contributed by atoms with Crippen molar-refractivity contribution in [1.82, 2.24) is 14.7 Å². The molecule has 4 heterocycles. The van der Waals surface area contributed by atoms with Gasteiger partial charge in [0.25, 0.3) is 5.91 Å². The third-order valence-corrected chi connectivity index (χ3v) is 9.05. The summed E-state index contributed by atoms with van der Waals surface area (Å²) in [7, 11) is 0. The van der Waals surface area contributed by atoms with Crippen molar-refractivity contribution in [2.75, 3.05) is 39.5 Å². The minimum Gasteiger partial charge on any atom is -0.454 e. The van der Waals surface area contributed by atoms with Gasteiger partial charge in [-0.2, -0.15) is 0 Å². The molecule has 3 aromatic rings. The molecule has 8 heteroatoms. The summed E-state index contributed by atoms with van der Waals surface area (Å²) in [6.45, 7) is 7.56. The zero-order valence-corrected chi connectivity index (χ0v) is 22.7. The second kappa shape index (κ2) is 10.4. The van der Waals surface area contributed by atoms with Crippen molar-refractivity contribution < 1.29 is 19.1 Å². The Bertz CT molecular complexity index is 1350. The predicted molar refractivity (Wildman–Crippen MR) is 147 cm³/mol. The van der Waals surface area contributed by atoms with E-state index in [4.69, 9.17) is 9.47 Å². The summed E-state index contributed by atoms with van der Waals surface area (Å²) in [6, 6.07) is 15.9. The molecule has 0 bridgehead atoms. The number of fused-ring (bicyclic) bond motifs is 2. The van der Waals surface area contributed by atoms with Gasteiger partial charge in [-0.1, -0.05) is 24.3 Å². The summed E-state index contributed by atoms with van der Waals surface area (Å²) in [5.41, 5.74) is 4.42. The Kier molecular flexibility index (Phi) is 6.84. The maximum atomic E-state index is 13.9. The van der Waals surface area contributed by atoms with Gasteiger partial charge in [0.15, 0.2) is 11.5 Å². The third-order valence-electron chi connectivity index (χ3n) is 8.06. The lowest BCUT2D eigenvalue weighted by Gasteiger charge is -2.41. The van der Waals surface area contributed by atoms with Crippen LogP contribution in [0.2, 0.25) is 0 Å². The van der Waals surface area contributed by atoms with Gasteiger partial charge >= 0.3 is 0 Å². The van der Waals surface area contributed by atoms with E-state index in [1.165, 1.54) is 21.6 Å². The average Bonchev–Trinajstić information content (AvgIpc) is 3.55. The number of thiophene rings is 1. The fraction of sp³-hybridized carbons (Fsp3) is 0.400. The molecule has 3 aliphatic heterocycles. The molecule has 7 nitrogen and oxygen atoms in total. The first-order valence-electron chi connectivity index (χ1n) is 13.4. The summed E-state index contributed by atoms with van der Waals surface area (Å²) >= 11 is 1.82. The first kappa shape index (κ1) is 24.9. The highest BCUT2D eigenvalue weighted by atomic mass is 32.1. The van der Waals surface area contributed by atoms with E-state index in [2.05, 4.69) is 47.5 Å². The molecule has 1 fully saturated rings. The van der Waals surface area contributed by atoms with Crippen molar-refractivity contribution in [3.8, 4) is 11.5 Å². The Morgan fingerprint density at radius 2 is 1.71 bits per heavy atom. The van der Waals surface area contributed by atoms with Gasteiger partial charge in [-0.25, -0.2) is 0 Å². The van der Waals surface area contributed by atoms with E-state index in [1.54, 1.807) is 18.2 Å². The molecule has 38 heavy (non-hydrogen) atoms. The fourth-order valence-electron chi connectivity index (χ4n) is 5.95. The Morgan fingerprint density at radius 3 is 2.58 bits per heavy atom. The van der Waals surface area contributed by atoms with Gasteiger partial charge in [0, 0.05) is 43.2 Å². The normalized spacial score (nSPS) is 20.1. The van der Waals surface area contributed by atoms with Crippen LogP contribution < -0.4 is 9.47 Å². The van der Waals surface area contributed by atoms with Crippen molar-refractivity contribution in [3.05, 3.63) is 81.0 Å². The quantitative estimate of drug-likeness (QED) is 0.496. The lowest BCUT2D eigenvalue weighted by molar-refractivity contribution is -0.137. The SMILES string of the molecule is Cc1ccccc1[C@@H]1c2ccsc2CCN1[C@@H](C)C(=O)N1CCCN(C(=O)c2ccc3c(c2)OCO3)CC1. The number of aryl methyl sites for hydroxylation is 1. The van der Waals surface area contributed by atoms with Crippen LogP contribution in [0.5, 0.6) is 11.5 Å². The van der Waals surface area contributed by atoms with E-state index in [0.29, 0.717) is 43.2 Å². The summed E-state index contributed by atoms with van der Waals surface area (Å²) in [5, 5.41) is 2.17. The molecule has 0 unspecified atom stereocenters. The molecule has 2 amide bonds. The van der Waals surface area contributed by atoms with E-state index in [0.717, 1.165) is 19.4 Å². The minimum atomic E-state index is -0.260. The highest BCUT2D eigenvalue weighted by molar-refractivity contribution is 7.10. The average molecular weight is 532 g/mol. The molecule has 198 valence electrons. The zero-order chi connectivity index (χ0) is 26.2. The number of nitrogens with zero attached hydrogens (tertiary/aromatic N) is 3. The van der Waals surface area contributed by atoms with E-state index < -0.39 is 0 Å². The molecule has 6 rings (SSSR count). The summed E-state index contributed by atoms with van der Waals surface area (Å²) in [4.78, 5) is 34.7. The van der Waals surface area contributed by atoms with Crippen LogP contribution >= 0.6 is 11.3 Å². The van der Waals surface area contributed by atoms with Crippen molar-refractivity contribution in [2.45, 2.75) is 38.8 Å². The van der Waals surface area contributed by atoms with Gasteiger partial charge in [-0.05, 0) is 73.0 Å². The van der Waals surface area contributed by atoms with Crippen molar-refractivity contribution in [1.29, 1.82) is 0 Å². The van der Waals surface area contributed by atoms with E-state index in [-0.39, 0.29) is 30.7 Å². The third kappa shape index (κ3) is 4.56. The molecule has 2 aromatic carbocycles. The van der Waals surface area contributed by atoms with Crippen LogP contribution in [0.3, 0.4) is 0 Å². The first-order valence-corrected chi connectivity index (χ1v) is 14.2. The molecular weight excluding hydrogens is 498 g/mol. The number of benzene rings is 2. The molecule has 1 saturated heterocycles. The molecule has 0 saturated carbocycles. The number of carbonyl (C=O) groups is 2. The van der Waals surface area contributed by atoms with Crippen LogP contribution in [-0.4, -0.2) is 72.1 Å². The van der Waals surface area contributed by atoms with Gasteiger partial charge in [0.05, 0.1) is 12.1 Å².